The quantitative estimate of drug-likeness (QED) is 0.273. The molecule has 1 aromatic rings. The van der Waals surface area contributed by atoms with Crippen molar-refractivity contribution in [1.29, 1.82) is 0 Å². The summed E-state index contributed by atoms with van der Waals surface area (Å²) >= 11 is 0. The number of nitrogens with two attached hydrogens (primary N) is 1. The van der Waals surface area contributed by atoms with Gasteiger partial charge in [0.1, 0.15) is 5.82 Å². The molecule has 1 saturated heterocycles. The van der Waals surface area contributed by atoms with Crippen molar-refractivity contribution in [2.45, 2.75) is 32.6 Å². The Morgan fingerprint density at radius 2 is 1.89 bits per heavy atom. The van der Waals surface area contributed by atoms with Crippen LogP contribution < -0.4 is 16.4 Å². The molecule has 1 aliphatic rings. The first-order valence-corrected chi connectivity index (χ1v) is 9.86. The predicted octanol–water partition coefficient (Wildman–Crippen LogP) is 2.13. The van der Waals surface area contributed by atoms with Gasteiger partial charge in [0.2, 0.25) is 5.91 Å². The number of carbonyl (C=O) groups excluding carboxylic acids is 1. The lowest BCUT2D eigenvalue weighted by Gasteiger charge is -2.26. The van der Waals surface area contributed by atoms with Gasteiger partial charge in [0.15, 0.2) is 5.96 Å². The van der Waals surface area contributed by atoms with Gasteiger partial charge in [0, 0.05) is 19.6 Å². The van der Waals surface area contributed by atoms with Gasteiger partial charge in [-0.2, -0.15) is 0 Å². The Morgan fingerprint density at radius 3 is 2.50 bits per heavy atom. The summed E-state index contributed by atoms with van der Waals surface area (Å²) in [5.41, 5.74) is 6.42. The maximum Gasteiger partial charge on any atom is 0.222 e. The molecule has 0 aliphatic carbocycles. The molecule has 1 unspecified atom stereocenters. The molecule has 6 nitrogen and oxygen atoms in total. The van der Waals surface area contributed by atoms with Gasteiger partial charge in [-0.25, -0.2) is 4.39 Å². The van der Waals surface area contributed by atoms with Crippen LogP contribution in [0.15, 0.2) is 29.3 Å². The molecule has 4 N–H and O–H groups in total. The van der Waals surface area contributed by atoms with Crippen LogP contribution in [0.5, 0.6) is 0 Å². The third-order valence-corrected chi connectivity index (χ3v) is 4.78. The van der Waals surface area contributed by atoms with E-state index in [0.717, 1.165) is 38.3 Å². The van der Waals surface area contributed by atoms with Gasteiger partial charge in [0.25, 0.3) is 0 Å². The standard InChI is InChI=1S/C20H32FN5O.HI/c1-2-23-20(24-10-13-26-11-4-3-5-12-26)25-15-17(19(22)27)14-16-6-8-18(21)9-7-16;/h6-9,17H,2-5,10-15H2,1H3,(H2,22,27)(H2,23,24,25);1H. The van der Waals surface area contributed by atoms with E-state index in [1.807, 2.05) is 6.92 Å². The van der Waals surface area contributed by atoms with E-state index < -0.39 is 11.8 Å². The number of hydrogen-bond donors (Lipinski definition) is 3. The first-order chi connectivity index (χ1) is 13.1. The molecule has 0 aromatic heterocycles. The van der Waals surface area contributed by atoms with Gasteiger partial charge in [-0.1, -0.05) is 18.6 Å². The van der Waals surface area contributed by atoms with Crippen molar-refractivity contribution >= 4 is 35.8 Å². The molecular formula is C20H33FIN5O. The number of benzene rings is 1. The van der Waals surface area contributed by atoms with Gasteiger partial charge in [0.05, 0.1) is 12.5 Å². The first kappa shape index (κ1) is 24.6. The number of likely N-dealkylation sites (tertiary alicyclic amines) is 1. The topological polar surface area (TPSA) is 82.7 Å². The van der Waals surface area contributed by atoms with E-state index in [1.54, 1.807) is 12.1 Å². The lowest BCUT2D eigenvalue weighted by Crippen LogP contribution is -2.43. The summed E-state index contributed by atoms with van der Waals surface area (Å²) in [6.45, 7) is 7.17. The van der Waals surface area contributed by atoms with Crippen LogP contribution >= 0.6 is 24.0 Å². The van der Waals surface area contributed by atoms with Crippen LogP contribution in [0.3, 0.4) is 0 Å². The van der Waals surface area contributed by atoms with E-state index in [9.17, 15) is 9.18 Å². The molecule has 1 aliphatic heterocycles. The van der Waals surface area contributed by atoms with Crippen LogP contribution in [-0.2, 0) is 11.2 Å². The van der Waals surface area contributed by atoms with E-state index >= 15 is 0 Å². The minimum Gasteiger partial charge on any atom is -0.369 e. The van der Waals surface area contributed by atoms with Crippen molar-refractivity contribution in [1.82, 2.24) is 15.5 Å². The number of piperidine rings is 1. The predicted molar refractivity (Wildman–Crippen MR) is 122 cm³/mol. The molecule has 2 rings (SSSR count). The second-order valence-electron chi connectivity index (χ2n) is 6.98. The second kappa shape index (κ2) is 13.7. The number of guanidine groups is 1. The zero-order valence-electron chi connectivity index (χ0n) is 16.6. The zero-order valence-corrected chi connectivity index (χ0v) is 19.0. The first-order valence-electron chi connectivity index (χ1n) is 9.86. The fourth-order valence-electron chi connectivity index (χ4n) is 3.22. The minimum absolute atomic E-state index is 0. The van der Waals surface area contributed by atoms with Crippen LogP contribution in [0.2, 0.25) is 0 Å². The van der Waals surface area contributed by atoms with Crippen LogP contribution in [-0.4, -0.2) is 56.0 Å². The van der Waals surface area contributed by atoms with Crippen LogP contribution in [0.1, 0.15) is 31.7 Å². The van der Waals surface area contributed by atoms with Gasteiger partial charge in [-0.15, -0.1) is 24.0 Å². The van der Waals surface area contributed by atoms with Gasteiger partial charge in [-0.3, -0.25) is 9.79 Å². The normalized spacial score (nSPS) is 16.1. The SMILES string of the molecule is CCNC(=NCC(Cc1ccc(F)cc1)C(N)=O)NCCN1CCCCC1.I. The highest BCUT2D eigenvalue weighted by Crippen LogP contribution is 2.11. The highest BCUT2D eigenvalue weighted by Gasteiger charge is 2.16. The third-order valence-electron chi connectivity index (χ3n) is 4.78. The van der Waals surface area contributed by atoms with Crippen molar-refractivity contribution in [2.24, 2.45) is 16.6 Å². The highest BCUT2D eigenvalue weighted by atomic mass is 127. The van der Waals surface area contributed by atoms with Gasteiger partial charge in [-0.05, 0) is 57.0 Å². The Bertz CT molecular complexity index is 605. The Labute approximate surface area is 184 Å². The summed E-state index contributed by atoms with van der Waals surface area (Å²) in [5, 5.41) is 6.53. The summed E-state index contributed by atoms with van der Waals surface area (Å²) in [7, 11) is 0. The number of carbonyl (C=O) groups is 1. The lowest BCUT2D eigenvalue weighted by molar-refractivity contribution is -0.121. The number of aliphatic imine (C=N–C) groups is 1. The molecule has 1 heterocycles. The molecule has 0 saturated carbocycles. The summed E-state index contributed by atoms with van der Waals surface area (Å²) in [6, 6.07) is 6.14. The summed E-state index contributed by atoms with van der Waals surface area (Å²) < 4.78 is 13.0. The molecule has 0 spiro atoms. The van der Waals surface area contributed by atoms with Gasteiger partial charge >= 0.3 is 0 Å². The molecule has 1 aromatic carbocycles. The fraction of sp³-hybridized carbons (Fsp3) is 0.600. The Balaban J connectivity index is 0.00000392. The van der Waals surface area contributed by atoms with E-state index in [0.29, 0.717) is 18.9 Å². The van der Waals surface area contributed by atoms with Crippen molar-refractivity contribution < 1.29 is 9.18 Å². The monoisotopic (exact) mass is 505 g/mol. The van der Waals surface area contributed by atoms with Crippen molar-refractivity contribution in [2.75, 3.05) is 39.3 Å². The number of halogens is 2. The van der Waals surface area contributed by atoms with Crippen LogP contribution in [0.4, 0.5) is 4.39 Å². The van der Waals surface area contributed by atoms with E-state index in [-0.39, 0.29) is 29.8 Å². The maximum absolute atomic E-state index is 13.0. The molecule has 28 heavy (non-hydrogen) atoms. The summed E-state index contributed by atoms with van der Waals surface area (Å²) in [4.78, 5) is 18.8. The maximum atomic E-state index is 13.0. The average molecular weight is 505 g/mol. The van der Waals surface area contributed by atoms with Crippen molar-refractivity contribution in [3.8, 4) is 0 Å². The minimum atomic E-state index is -0.423. The third kappa shape index (κ3) is 9.18. The molecule has 1 amide bonds. The fourth-order valence-corrected chi connectivity index (χ4v) is 3.22. The number of nitrogens with zero attached hydrogens (tertiary/aromatic N) is 2. The number of primary amides is 1. The molecule has 1 atom stereocenters. The smallest absolute Gasteiger partial charge is 0.222 e. The van der Waals surface area contributed by atoms with Crippen LogP contribution in [0.25, 0.3) is 0 Å². The van der Waals surface area contributed by atoms with Crippen molar-refractivity contribution in [3.05, 3.63) is 35.6 Å². The largest absolute Gasteiger partial charge is 0.369 e. The van der Waals surface area contributed by atoms with E-state index in [1.165, 1.54) is 31.4 Å². The van der Waals surface area contributed by atoms with Gasteiger partial charge < -0.3 is 21.3 Å². The average Bonchev–Trinajstić information content (AvgIpc) is 2.67. The molecule has 1 fully saturated rings. The molecule has 158 valence electrons. The summed E-state index contributed by atoms with van der Waals surface area (Å²) in [5.74, 6) is -0.417. The Hall–Kier alpha value is -1.42. The van der Waals surface area contributed by atoms with E-state index in [2.05, 4.69) is 20.5 Å². The molecular weight excluding hydrogens is 472 g/mol. The number of nitrogens with one attached hydrogen (secondary N) is 2. The zero-order chi connectivity index (χ0) is 19.5. The molecule has 8 heteroatoms. The highest BCUT2D eigenvalue weighted by molar-refractivity contribution is 14.0. The van der Waals surface area contributed by atoms with Crippen molar-refractivity contribution in [3.63, 3.8) is 0 Å². The Kier molecular flexibility index (Phi) is 12.1. The molecule has 0 bridgehead atoms. The number of hydrogen-bond acceptors (Lipinski definition) is 3. The molecule has 0 radical (unpaired) electrons. The second-order valence-corrected chi connectivity index (χ2v) is 6.98. The summed E-state index contributed by atoms with van der Waals surface area (Å²) in [6.07, 6.45) is 4.33. The number of rotatable bonds is 9. The lowest BCUT2D eigenvalue weighted by atomic mass is 9.99. The van der Waals surface area contributed by atoms with E-state index in [4.69, 9.17) is 5.73 Å². The number of amides is 1. The van der Waals surface area contributed by atoms with Crippen LogP contribution in [0, 0.1) is 11.7 Å². The Morgan fingerprint density at radius 1 is 1.21 bits per heavy atom.